The molecule has 0 atom stereocenters. The van der Waals surface area contributed by atoms with E-state index in [0.29, 0.717) is 5.82 Å². The monoisotopic (exact) mass is 215 g/mol. The van der Waals surface area contributed by atoms with Crippen LogP contribution in [0.25, 0.3) is 10.9 Å². The van der Waals surface area contributed by atoms with Crippen LogP contribution in [0.4, 0.5) is 0 Å². The van der Waals surface area contributed by atoms with E-state index >= 15 is 0 Å². The molecule has 1 aliphatic rings. The van der Waals surface area contributed by atoms with E-state index in [9.17, 15) is 5.11 Å². The Morgan fingerprint density at radius 2 is 2.06 bits per heavy atom. The first kappa shape index (κ1) is 9.54. The average Bonchev–Trinajstić information content (AvgIpc) is 2.97. The van der Waals surface area contributed by atoms with Gasteiger partial charge in [-0.3, -0.25) is 0 Å². The molecule has 16 heavy (non-hydrogen) atoms. The lowest BCUT2D eigenvalue weighted by molar-refractivity contribution is 0.476. The maximum absolute atomic E-state index is 9.44. The van der Waals surface area contributed by atoms with E-state index in [1.807, 2.05) is 13.0 Å². The minimum Gasteiger partial charge on any atom is -0.508 e. The van der Waals surface area contributed by atoms with Gasteiger partial charge in [0.1, 0.15) is 11.6 Å². The Balaban J connectivity index is 2.27. The molecule has 0 bridgehead atoms. The lowest BCUT2D eigenvalue weighted by Crippen LogP contribution is -2.22. The second-order valence-corrected chi connectivity index (χ2v) is 4.49. The van der Waals surface area contributed by atoms with Crippen molar-refractivity contribution in [2.24, 2.45) is 5.73 Å². The minimum atomic E-state index is -0.329. The summed E-state index contributed by atoms with van der Waals surface area (Å²) in [7, 11) is 0. The zero-order chi connectivity index (χ0) is 11.3. The highest BCUT2D eigenvalue weighted by molar-refractivity contribution is 5.82. The van der Waals surface area contributed by atoms with Crippen molar-refractivity contribution >= 4 is 10.9 Å². The largest absolute Gasteiger partial charge is 0.508 e. The first-order valence-electron chi connectivity index (χ1n) is 5.35. The molecular formula is C12H13N3O. The summed E-state index contributed by atoms with van der Waals surface area (Å²) >= 11 is 0. The molecule has 1 saturated carbocycles. The van der Waals surface area contributed by atoms with Gasteiger partial charge in [0.15, 0.2) is 0 Å². The second kappa shape index (κ2) is 2.92. The van der Waals surface area contributed by atoms with Gasteiger partial charge >= 0.3 is 0 Å². The highest BCUT2D eigenvalue weighted by Crippen LogP contribution is 2.41. The van der Waals surface area contributed by atoms with Crippen LogP contribution in [0.3, 0.4) is 0 Å². The number of aromatic nitrogens is 2. The quantitative estimate of drug-likeness (QED) is 0.757. The number of fused-ring (bicyclic) bond motifs is 1. The number of phenolic OH excluding ortho intramolecular Hbond substituents is 1. The van der Waals surface area contributed by atoms with Gasteiger partial charge in [0.25, 0.3) is 0 Å². The molecule has 4 nitrogen and oxygen atoms in total. The SMILES string of the molecule is Cc1nc(C2(N)CC2)nc2cc(O)ccc12. The zero-order valence-corrected chi connectivity index (χ0v) is 9.07. The van der Waals surface area contributed by atoms with Crippen LogP contribution in [0, 0.1) is 6.92 Å². The molecule has 0 unspecified atom stereocenters. The van der Waals surface area contributed by atoms with Crippen LogP contribution in [0.5, 0.6) is 5.75 Å². The lowest BCUT2D eigenvalue weighted by atomic mass is 10.1. The van der Waals surface area contributed by atoms with Crippen LogP contribution < -0.4 is 5.73 Å². The third kappa shape index (κ3) is 1.34. The first-order valence-corrected chi connectivity index (χ1v) is 5.35. The van der Waals surface area contributed by atoms with Crippen LogP contribution >= 0.6 is 0 Å². The fraction of sp³-hybridized carbons (Fsp3) is 0.333. The highest BCUT2D eigenvalue weighted by Gasteiger charge is 2.43. The predicted molar refractivity (Wildman–Crippen MR) is 61.0 cm³/mol. The number of phenols is 1. The molecule has 1 fully saturated rings. The van der Waals surface area contributed by atoms with E-state index in [1.165, 1.54) is 0 Å². The van der Waals surface area contributed by atoms with Gasteiger partial charge in [-0.2, -0.15) is 0 Å². The van der Waals surface area contributed by atoms with E-state index in [2.05, 4.69) is 9.97 Å². The van der Waals surface area contributed by atoms with Crippen molar-refractivity contribution in [1.29, 1.82) is 0 Å². The number of nitrogens with two attached hydrogens (primary N) is 1. The topological polar surface area (TPSA) is 72.0 Å². The minimum absolute atomic E-state index is 0.221. The van der Waals surface area contributed by atoms with Crippen molar-refractivity contribution in [3.63, 3.8) is 0 Å². The van der Waals surface area contributed by atoms with E-state index < -0.39 is 0 Å². The van der Waals surface area contributed by atoms with Crippen molar-refractivity contribution in [1.82, 2.24) is 9.97 Å². The molecule has 1 heterocycles. The summed E-state index contributed by atoms with van der Waals surface area (Å²) in [5.74, 6) is 0.918. The third-order valence-electron chi connectivity index (χ3n) is 3.11. The highest BCUT2D eigenvalue weighted by atomic mass is 16.3. The standard InChI is InChI=1S/C12H13N3O/c1-7-9-3-2-8(16)6-10(9)15-11(14-7)12(13)4-5-12/h2-3,6,16H,4-5,13H2,1H3. The summed E-state index contributed by atoms with van der Waals surface area (Å²) in [6.45, 7) is 1.94. The van der Waals surface area contributed by atoms with Crippen molar-refractivity contribution in [3.05, 3.63) is 29.7 Å². The number of benzene rings is 1. The molecular weight excluding hydrogens is 202 g/mol. The summed E-state index contributed by atoms with van der Waals surface area (Å²) < 4.78 is 0. The lowest BCUT2D eigenvalue weighted by Gasteiger charge is -2.10. The van der Waals surface area contributed by atoms with Gasteiger partial charge in [-0.25, -0.2) is 9.97 Å². The summed E-state index contributed by atoms with van der Waals surface area (Å²) in [6, 6.07) is 5.13. The van der Waals surface area contributed by atoms with Crippen LogP contribution in [-0.4, -0.2) is 15.1 Å². The normalized spacial score (nSPS) is 17.6. The fourth-order valence-corrected chi connectivity index (χ4v) is 1.86. The summed E-state index contributed by atoms with van der Waals surface area (Å²) in [6.07, 6.45) is 1.88. The van der Waals surface area contributed by atoms with E-state index in [-0.39, 0.29) is 11.3 Å². The van der Waals surface area contributed by atoms with Crippen molar-refractivity contribution in [2.75, 3.05) is 0 Å². The van der Waals surface area contributed by atoms with Gasteiger partial charge in [0, 0.05) is 17.1 Å². The third-order valence-corrected chi connectivity index (χ3v) is 3.11. The van der Waals surface area contributed by atoms with Gasteiger partial charge in [-0.1, -0.05) is 0 Å². The summed E-state index contributed by atoms with van der Waals surface area (Å²) in [5, 5.41) is 10.4. The molecule has 0 spiro atoms. The number of hydrogen-bond donors (Lipinski definition) is 2. The molecule has 3 N–H and O–H groups in total. The Kier molecular flexibility index (Phi) is 1.74. The van der Waals surface area contributed by atoms with Gasteiger partial charge in [0.2, 0.25) is 0 Å². The molecule has 2 aromatic rings. The second-order valence-electron chi connectivity index (χ2n) is 4.49. The first-order chi connectivity index (χ1) is 7.58. The predicted octanol–water partition coefficient (Wildman–Crippen LogP) is 1.59. The maximum Gasteiger partial charge on any atom is 0.149 e. The van der Waals surface area contributed by atoms with Gasteiger partial charge < -0.3 is 10.8 Å². The maximum atomic E-state index is 9.44. The molecule has 0 radical (unpaired) electrons. The molecule has 1 aliphatic carbocycles. The fourth-order valence-electron chi connectivity index (χ4n) is 1.86. The van der Waals surface area contributed by atoms with Gasteiger partial charge in [-0.15, -0.1) is 0 Å². The average molecular weight is 215 g/mol. The molecule has 1 aromatic carbocycles. The Morgan fingerprint density at radius 1 is 1.31 bits per heavy atom. The Labute approximate surface area is 93.1 Å². The smallest absolute Gasteiger partial charge is 0.149 e. The summed E-state index contributed by atoms with van der Waals surface area (Å²) in [4.78, 5) is 8.88. The van der Waals surface area contributed by atoms with Crippen LogP contribution in [0.2, 0.25) is 0 Å². The number of hydrogen-bond acceptors (Lipinski definition) is 4. The molecule has 0 saturated heterocycles. The van der Waals surface area contributed by atoms with Gasteiger partial charge in [-0.05, 0) is 31.9 Å². The van der Waals surface area contributed by atoms with Crippen LogP contribution in [0.15, 0.2) is 18.2 Å². The van der Waals surface area contributed by atoms with Crippen LogP contribution in [-0.2, 0) is 5.54 Å². The van der Waals surface area contributed by atoms with Crippen molar-refractivity contribution in [3.8, 4) is 5.75 Å². The molecule has 1 aromatic heterocycles. The Bertz CT molecular complexity index is 576. The number of rotatable bonds is 1. The molecule has 3 rings (SSSR count). The van der Waals surface area contributed by atoms with Gasteiger partial charge in [0.05, 0.1) is 11.1 Å². The van der Waals surface area contributed by atoms with Crippen LogP contribution in [0.1, 0.15) is 24.4 Å². The number of aryl methyl sites for hydroxylation is 1. The zero-order valence-electron chi connectivity index (χ0n) is 9.07. The number of nitrogens with zero attached hydrogens (tertiary/aromatic N) is 2. The van der Waals surface area contributed by atoms with Crippen molar-refractivity contribution < 1.29 is 5.11 Å². The van der Waals surface area contributed by atoms with Crippen molar-refractivity contribution in [2.45, 2.75) is 25.3 Å². The molecule has 82 valence electrons. The van der Waals surface area contributed by atoms with E-state index in [1.54, 1.807) is 12.1 Å². The number of aromatic hydroxyl groups is 1. The van der Waals surface area contributed by atoms with E-state index in [0.717, 1.165) is 29.4 Å². The molecule has 0 amide bonds. The Morgan fingerprint density at radius 3 is 2.75 bits per heavy atom. The molecule has 0 aliphatic heterocycles. The summed E-state index contributed by atoms with van der Waals surface area (Å²) in [5.41, 5.74) is 7.43. The Hall–Kier alpha value is -1.68. The van der Waals surface area contributed by atoms with E-state index in [4.69, 9.17) is 5.73 Å². The molecule has 4 heteroatoms.